The molecule has 124 valence electrons. The second-order valence-electron chi connectivity index (χ2n) is 7.81. The molecule has 0 amide bonds. The van der Waals surface area contributed by atoms with Crippen molar-refractivity contribution in [2.75, 3.05) is 59.0 Å². The van der Waals surface area contributed by atoms with Crippen LogP contribution in [0.25, 0.3) is 0 Å². The van der Waals surface area contributed by atoms with Gasteiger partial charge in [0.1, 0.15) is 0 Å². The van der Waals surface area contributed by atoms with E-state index in [1.54, 1.807) is 0 Å². The van der Waals surface area contributed by atoms with Crippen LogP contribution in [-0.2, 0) is 4.74 Å². The standard InChI is InChI=1S/C17H35N3O/c1-15(2)11-19-6-8-20(9-7-19)13-17(5-10-21-14-17)12-18-16(3)4/h15-16,18H,5-14H2,1-4H3. The Morgan fingerprint density at radius 3 is 2.24 bits per heavy atom. The largest absolute Gasteiger partial charge is 0.381 e. The zero-order chi connectivity index (χ0) is 15.3. The summed E-state index contributed by atoms with van der Waals surface area (Å²) in [5, 5.41) is 3.64. The molecule has 1 atom stereocenters. The summed E-state index contributed by atoms with van der Waals surface area (Å²) in [6, 6.07) is 0.561. The summed E-state index contributed by atoms with van der Waals surface area (Å²) in [5.74, 6) is 0.779. The van der Waals surface area contributed by atoms with Crippen LogP contribution in [0.15, 0.2) is 0 Å². The lowest BCUT2D eigenvalue weighted by atomic mass is 9.86. The minimum atomic E-state index is 0.338. The van der Waals surface area contributed by atoms with Gasteiger partial charge in [-0.05, 0) is 12.3 Å². The second kappa shape index (κ2) is 7.91. The maximum absolute atomic E-state index is 5.73. The van der Waals surface area contributed by atoms with Crippen molar-refractivity contribution in [3.8, 4) is 0 Å². The third kappa shape index (κ3) is 5.51. The van der Waals surface area contributed by atoms with Crippen molar-refractivity contribution in [2.24, 2.45) is 11.3 Å². The first-order chi connectivity index (χ1) is 9.99. The summed E-state index contributed by atoms with van der Waals surface area (Å²) < 4.78 is 5.73. The Bertz CT molecular complexity index is 292. The Morgan fingerprint density at radius 2 is 1.71 bits per heavy atom. The van der Waals surface area contributed by atoms with Gasteiger partial charge in [0.2, 0.25) is 0 Å². The minimum absolute atomic E-state index is 0.338. The van der Waals surface area contributed by atoms with Crippen molar-refractivity contribution in [3.63, 3.8) is 0 Å². The smallest absolute Gasteiger partial charge is 0.0547 e. The van der Waals surface area contributed by atoms with Gasteiger partial charge in [-0.2, -0.15) is 0 Å². The number of hydrogen-bond acceptors (Lipinski definition) is 4. The van der Waals surface area contributed by atoms with E-state index in [0.717, 1.165) is 25.7 Å². The van der Waals surface area contributed by atoms with Crippen LogP contribution in [0.5, 0.6) is 0 Å². The summed E-state index contributed by atoms with van der Waals surface area (Å²) in [6.45, 7) is 19.4. The lowest BCUT2D eigenvalue weighted by molar-refractivity contribution is 0.0666. The normalized spacial score (nSPS) is 28.9. The molecule has 2 aliphatic heterocycles. The van der Waals surface area contributed by atoms with Gasteiger partial charge in [-0.25, -0.2) is 0 Å². The van der Waals surface area contributed by atoms with Gasteiger partial charge in [0.05, 0.1) is 6.61 Å². The number of nitrogens with one attached hydrogen (secondary N) is 1. The highest BCUT2D eigenvalue weighted by Gasteiger charge is 2.37. The summed E-state index contributed by atoms with van der Waals surface area (Å²) in [7, 11) is 0. The summed E-state index contributed by atoms with van der Waals surface area (Å²) >= 11 is 0. The molecular weight excluding hydrogens is 262 g/mol. The zero-order valence-corrected chi connectivity index (χ0v) is 14.5. The number of rotatable bonds is 7. The predicted molar refractivity (Wildman–Crippen MR) is 88.7 cm³/mol. The number of nitrogens with zero attached hydrogens (tertiary/aromatic N) is 2. The van der Waals surface area contributed by atoms with Crippen LogP contribution in [0.3, 0.4) is 0 Å². The molecule has 2 saturated heterocycles. The molecule has 0 aromatic carbocycles. The first-order valence-corrected chi connectivity index (χ1v) is 8.75. The van der Waals surface area contributed by atoms with Crippen molar-refractivity contribution in [3.05, 3.63) is 0 Å². The molecule has 0 saturated carbocycles. The molecule has 0 aromatic heterocycles. The molecule has 0 spiro atoms. The van der Waals surface area contributed by atoms with Crippen molar-refractivity contribution in [2.45, 2.75) is 40.2 Å². The lowest BCUT2D eigenvalue weighted by Gasteiger charge is -2.40. The Balaban J connectivity index is 1.79. The fraction of sp³-hybridized carbons (Fsp3) is 1.00. The van der Waals surface area contributed by atoms with Gasteiger partial charge in [-0.3, -0.25) is 0 Å². The maximum atomic E-state index is 5.73. The molecule has 2 heterocycles. The average Bonchev–Trinajstić information content (AvgIpc) is 2.87. The van der Waals surface area contributed by atoms with Gasteiger partial charge < -0.3 is 19.9 Å². The first kappa shape index (κ1) is 17.2. The fourth-order valence-corrected chi connectivity index (χ4v) is 3.51. The Morgan fingerprint density at radius 1 is 1.05 bits per heavy atom. The van der Waals surface area contributed by atoms with E-state index in [2.05, 4.69) is 42.8 Å². The Kier molecular flexibility index (Phi) is 6.48. The van der Waals surface area contributed by atoms with Gasteiger partial charge >= 0.3 is 0 Å². The molecule has 0 radical (unpaired) electrons. The van der Waals surface area contributed by atoms with Gasteiger partial charge in [-0.15, -0.1) is 0 Å². The van der Waals surface area contributed by atoms with E-state index < -0.39 is 0 Å². The summed E-state index contributed by atoms with van der Waals surface area (Å²) in [6.07, 6.45) is 1.21. The molecule has 21 heavy (non-hydrogen) atoms. The van der Waals surface area contributed by atoms with E-state index in [-0.39, 0.29) is 0 Å². The van der Waals surface area contributed by atoms with Gasteiger partial charge in [0.25, 0.3) is 0 Å². The van der Waals surface area contributed by atoms with Gasteiger partial charge in [-0.1, -0.05) is 27.7 Å². The molecule has 4 heteroatoms. The first-order valence-electron chi connectivity index (χ1n) is 8.75. The fourth-order valence-electron chi connectivity index (χ4n) is 3.51. The van der Waals surface area contributed by atoms with E-state index >= 15 is 0 Å². The van der Waals surface area contributed by atoms with Gasteiger partial charge in [0.15, 0.2) is 0 Å². The lowest BCUT2D eigenvalue weighted by Crippen LogP contribution is -2.53. The molecule has 0 aromatic rings. The van der Waals surface area contributed by atoms with Crippen LogP contribution < -0.4 is 5.32 Å². The molecule has 2 aliphatic rings. The van der Waals surface area contributed by atoms with Gasteiger partial charge in [0, 0.05) is 63.9 Å². The Hall–Kier alpha value is -0.160. The van der Waals surface area contributed by atoms with Crippen molar-refractivity contribution in [1.82, 2.24) is 15.1 Å². The van der Waals surface area contributed by atoms with E-state index in [4.69, 9.17) is 4.74 Å². The SMILES string of the molecule is CC(C)CN1CCN(CC2(CNC(C)C)CCOC2)CC1. The highest BCUT2D eigenvalue weighted by molar-refractivity contribution is 4.90. The molecule has 0 aliphatic carbocycles. The molecule has 4 nitrogen and oxygen atoms in total. The quantitative estimate of drug-likeness (QED) is 0.773. The van der Waals surface area contributed by atoms with Crippen LogP contribution in [0.2, 0.25) is 0 Å². The van der Waals surface area contributed by atoms with Crippen molar-refractivity contribution in [1.29, 1.82) is 0 Å². The average molecular weight is 297 g/mol. The summed E-state index contributed by atoms with van der Waals surface area (Å²) in [4.78, 5) is 5.28. The number of hydrogen-bond donors (Lipinski definition) is 1. The van der Waals surface area contributed by atoms with Crippen LogP contribution in [-0.4, -0.2) is 74.9 Å². The topological polar surface area (TPSA) is 27.7 Å². The number of ether oxygens (including phenoxy) is 1. The zero-order valence-electron chi connectivity index (χ0n) is 14.5. The van der Waals surface area contributed by atoms with Crippen LogP contribution in [0, 0.1) is 11.3 Å². The minimum Gasteiger partial charge on any atom is -0.381 e. The van der Waals surface area contributed by atoms with Crippen LogP contribution in [0.4, 0.5) is 0 Å². The van der Waals surface area contributed by atoms with E-state index in [9.17, 15) is 0 Å². The van der Waals surface area contributed by atoms with E-state index in [1.165, 1.54) is 45.7 Å². The molecule has 0 bridgehead atoms. The molecule has 1 unspecified atom stereocenters. The molecule has 1 N–H and O–H groups in total. The third-order valence-electron chi connectivity index (χ3n) is 4.72. The third-order valence-corrected chi connectivity index (χ3v) is 4.72. The maximum Gasteiger partial charge on any atom is 0.0547 e. The molecule has 2 rings (SSSR count). The second-order valence-corrected chi connectivity index (χ2v) is 7.81. The summed E-state index contributed by atoms with van der Waals surface area (Å²) in [5.41, 5.74) is 0.338. The predicted octanol–water partition coefficient (Wildman–Crippen LogP) is 1.66. The van der Waals surface area contributed by atoms with Crippen molar-refractivity contribution >= 4 is 0 Å². The molecular formula is C17H35N3O. The number of piperazine rings is 1. The van der Waals surface area contributed by atoms with Crippen LogP contribution in [0.1, 0.15) is 34.1 Å². The van der Waals surface area contributed by atoms with E-state index in [1.807, 2.05) is 0 Å². The highest BCUT2D eigenvalue weighted by atomic mass is 16.5. The highest BCUT2D eigenvalue weighted by Crippen LogP contribution is 2.29. The molecule has 2 fully saturated rings. The Labute approximate surface area is 131 Å². The van der Waals surface area contributed by atoms with E-state index in [0.29, 0.717) is 11.5 Å². The van der Waals surface area contributed by atoms with Crippen LogP contribution >= 0.6 is 0 Å². The monoisotopic (exact) mass is 297 g/mol. The van der Waals surface area contributed by atoms with Crippen molar-refractivity contribution < 1.29 is 4.74 Å².